The first-order chi connectivity index (χ1) is 58.1. The van der Waals surface area contributed by atoms with Crippen molar-refractivity contribution in [2.24, 2.45) is 51.4 Å². The zero-order valence-corrected chi connectivity index (χ0v) is 76.0. The predicted octanol–water partition coefficient (Wildman–Crippen LogP) is 10.4. The van der Waals surface area contributed by atoms with Crippen molar-refractivity contribution in [3.63, 3.8) is 0 Å². The predicted molar refractivity (Wildman–Crippen MR) is 440 cm³/mol. The Morgan fingerprint density at radius 1 is 0.545 bits per heavy atom. The number of aliphatic hydroxyl groups excluding tert-OH is 1. The number of aryl methyl sites for hydroxylation is 2. The molecule has 6 aromatic rings. The minimum absolute atomic E-state index is 0. The van der Waals surface area contributed by atoms with Gasteiger partial charge in [-0.1, -0.05) is 53.7 Å². The molecule has 658 valence electrons. The monoisotopic (exact) mass is 1940 g/mol. The van der Waals surface area contributed by atoms with Crippen LogP contribution in [0.3, 0.4) is 0 Å². The van der Waals surface area contributed by atoms with Crippen LogP contribution in [-0.4, -0.2) is 203 Å². The van der Waals surface area contributed by atoms with Gasteiger partial charge in [-0.05, 0) is 174 Å². The number of imide groups is 1. The summed E-state index contributed by atoms with van der Waals surface area (Å²) in [6.45, 7) is 18.1. The van der Waals surface area contributed by atoms with E-state index >= 15 is 0 Å². The number of anilines is 2. The molecule has 33 nitrogen and oxygen atoms in total. The van der Waals surface area contributed by atoms with Crippen molar-refractivity contribution in [3.8, 4) is 17.1 Å². The van der Waals surface area contributed by atoms with Crippen LogP contribution in [0.1, 0.15) is 176 Å². The number of aromatic nitrogens is 5. The number of carbonyl (C=O) groups excluding carboxylic acids is 5. The van der Waals surface area contributed by atoms with Gasteiger partial charge in [0.1, 0.15) is 11.6 Å². The molecule has 121 heavy (non-hydrogen) atoms. The molecule has 6 saturated heterocycles. The molecule has 0 unspecified atom stereocenters. The summed E-state index contributed by atoms with van der Waals surface area (Å²) in [6, 6.07) is 20.8. The number of hydrogen-bond acceptors (Lipinski definition) is 32. The molecule has 9 N–H and O–H groups in total. The molecule has 0 saturated carbocycles. The van der Waals surface area contributed by atoms with Gasteiger partial charge in [0.25, 0.3) is 11.8 Å². The molecule has 9 aliphatic heterocycles. The molecule has 0 radical (unpaired) electrons. The fourth-order valence-electron chi connectivity index (χ4n) is 14.1. The van der Waals surface area contributed by atoms with Gasteiger partial charge in [-0.3, -0.25) is 38.9 Å². The maximum atomic E-state index is 14.4. The molecular formula is C84H114BrF2HgN13O20. The van der Waals surface area contributed by atoms with E-state index in [0.717, 1.165) is 188 Å². The van der Waals surface area contributed by atoms with Crippen molar-refractivity contribution in [1.82, 2.24) is 40.9 Å². The third-order valence-corrected chi connectivity index (χ3v) is 25.6. The second-order valence-corrected chi connectivity index (χ2v) is 33.5. The smallest absolute Gasteiger partial charge is 0.308 e. The number of nitrogens with two attached hydrogens (primary N) is 3. The molecule has 6 fully saturated rings. The van der Waals surface area contributed by atoms with Crippen LogP contribution in [0.2, 0.25) is 0 Å². The van der Waals surface area contributed by atoms with Gasteiger partial charge in [0.15, 0.2) is 11.7 Å². The number of aliphatic imine (C=N–C) groups is 2. The number of nitrogen functional groups attached to an aromatic ring is 2. The van der Waals surface area contributed by atoms with Gasteiger partial charge in [-0.2, -0.15) is 0 Å². The van der Waals surface area contributed by atoms with Crippen LogP contribution in [0.25, 0.3) is 11.3 Å². The number of hydroxylamine groups is 4. The number of carbonyl (C=O) groups is 5. The van der Waals surface area contributed by atoms with Gasteiger partial charge in [0, 0.05) is 115 Å². The molecule has 12 heterocycles. The minimum atomic E-state index is -2.04. The summed E-state index contributed by atoms with van der Waals surface area (Å²) >= 11 is 1.41. The molecular weight excluding hydrogens is 1830 g/mol. The number of aliphatic hydroxyl groups is 1. The molecule has 9 aliphatic rings. The number of amides is 2. The topological polar surface area (TPSA) is 429 Å². The number of fused-ring (bicyclic) bond motifs is 3. The van der Waals surface area contributed by atoms with Crippen molar-refractivity contribution in [2.75, 3.05) is 138 Å². The SMILES string of the molecule is C.CC(=O)[O][Hg][O]C(C)=O.COC(=O)C1CCOCC1.COc1cccc(-c2cc(F)ccc2[C@H]2Cc3nc(N)nc(C)c3C(NOCC3CCOCC3)=N2)n1.Cc1nc(N)nc2c1C(NOCC1CCOCC1)=N[C@@H](c1ccc(F)cc1Br)C2.NOCC1CCOCC1.O=C1c2ccccc2C(=O)N1OCC1CCOCC1.OCC1CCOCC1. The number of nitrogens with one attached hydrogen (secondary N) is 2. The molecule has 0 spiro atoms. The van der Waals surface area contributed by atoms with Crippen LogP contribution in [0.5, 0.6) is 5.88 Å². The first-order valence-corrected chi connectivity index (χ1v) is 45.7. The van der Waals surface area contributed by atoms with Crippen LogP contribution < -0.4 is 33.1 Å². The summed E-state index contributed by atoms with van der Waals surface area (Å²) in [5.41, 5.74) is 26.2. The van der Waals surface area contributed by atoms with Gasteiger partial charge in [0.2, 0.25) is 17.8 Å². The third kappa shape index (κ3) is 31.4. The number of rotatable bonds is 19. The largest absolute Gasteiger partial charge is 0.481 e. The quantitative estimate of drug-likeness (QED) is 0.0190. The fraction of sp³-hybridized carbons (Fsp3) is 0.548. The van der Waals surface area contributed by atoms with E-state index < -0.39 is 25.5 Å². The Morgan fingerprint density at radius 3 is 1.39 bits per heavy atom. The second kappa shape index (κ2) is 52.3. The summed E-state index contributed by atoms with van der Waals surface area (Å²) < 4.78 is 78.8. The Kier molecular flexibility index (Phi) is 42.4. The van der Waals surface area contributed by atoms with Gasteiger partial charge < -0.3 is 59.3 Å². The van der Waals surface area contributed by atoms with E-state index in [1.807, 2.05) is 26.0 Å². The number of benzene rings is 3. The number of ether oxygens (including phenoxy) is 8. The number of pyridine rings is 1. The van der Waals surface area contributed by atoms with Crippen LogP contribution in [0, 0.1) is 61.0 Å². The van der Waals surface area contributed by atoms with E-state index in [0.29, 0.717) is 139 Å². The summed E-state index contributed by atoms with van der Waals surface area (Å²) in [6.07, 6.45) is 12.6. The van der Waals surface area contributed by atoms with Crippen LogP contribution >= 0.6 is 15.9 Å². The molecule has 3 aromatic heterocycles. The molecule has 3 aromatic carbocycles. The zero-order valence-electron chi connectivity index (χ0n) is 68.9. The summed E-state index contributed by atoms with van der Waals surface area (Å²) in [5.74, 6) is 7.09. The standard InChI is InChI=1S/C26H29FN6O3.C20H23BrFN5O2.C14H15NO4.C7H12O3.C6H13NO2.C6H12O2.2C2H4O2.CH4.Hg/c1-15-24-22(32-26(28)29-15)13-21(31-25(24)33-36-14-16-8-10-35-11-9-16)18-7-6-17(27)12-19(18)20-4-3-5-23(30-20)34-2;1-11-18-17(26-20(23)24-11)9-16(14-3-2-13(22)8-15(14)21)25-19(18)27-29-10-12-4-6-28-7-5-12;16-13-11-3-1-2-4-12(11)14(17)15(13)19-9-10-5-7-18-8-6-10;1-9-7(8)6-2-4-10-5-3-6;7-9-5-6-1-3-8-4-2-6;7-5-6-1-3-8-4-2-6;2*1-2(3)4;;/h3-7,12,16,21H,8-11,13-14H2,1-2H3,(H,31,33)(H2,28,29,32);2-3,8,12,16H,4-7,9-10H2,1H3,(H,25,27)(H2,23,24,26);1-4,10H,5-9H2;6H,2-5H2,1H3;6H,1-5,7H2;6-7H,1-5H2;2*1H3,(H,3,4);1H4;/q;;;;;;;;;+2/p-2/t21-;16-;;;;;;;;/m11......../s1. The van der Waals surface area contributed by atoms with Crippen LogP contribution in [-0.2, 0) is 111 Å². The number of hydrogen-bond donors (Lipinski definition) is 6. The van der Waals surface area contributed by atoms with Crippen molar-refractivity contribution in [3.05, 3.63) is 151 Å². The van der Waals surface area contributed by atoms with E-state index in [2.05, 4.69) is 66.7 Å². The third-order valence-electron chi connectivity index (χ3n) is 20.8. The van der Waals surface area contributed by atoms with E-state index in [9.17, 15) is 32.8 Å². The number of nitrogens with zero attached hydrogens (tertiary/aromatic N) is 8. The van der Waals surface area contributed by atoms with Crippen molar-refractivity contribution < 1.29 is 126 Å². The van der Waals surface area contributed by atoms with E-state index in [4.69, 9.17) is 80.1 Å². The van der Waals surface area contributed by atoms with Crippen molar-refractivity contribution in [2.45, 2.75) is 137 Å². The van der Waals surface area contributed by atoms with Crippen LogP contribution in [0.4, 0.5) is 20.7 Å². The zero-order chi connectivity index (χ0) is 85.7. The molecule has 2 amide bonds. The van der Waals surface area contributed by atoms with Gasteiger partial charge in [0.05, 0.1) is 109 Å². The Bertz CT molecular complexity index is 4290. The van der Waals surface area contributed by atoms with Crippen LogP contribution in [0.15, 0.2) is 93.3 Å². The minimum Gasteiger partial charge on any atom is -0.481 e. The number of halogens is 3. The Hall–Kier alpha value is -8.34. The summed E-state index contributed by atoms with van der Waals surface area (Å²) in [4.78, 5) is 109. The van der Waals surface area contributed by atoms with E-state index in [-0.39, 0.29) is 78.7 Å². The van der Waals surface area contributed by atoms with E-state index in [1.165, 1.54) is 45.2 Å². The molecule has 0 bridgehead atoms. The van der Waals surface area contributed by atoms with E-state index in [1.54, 1.807) is 49.6 Å². The molecule has 2 atom stereocenters. The number of methoxy groups -OCH3 is 2. The van der Waals surface area contributed by atoms with Gasteiger partial charge in [-0.25, -0.2) is 50.6 Å². The maximum Gasteiger partial charge on any atom is 0.308 e. The Balaban J connectivity index is 0.000000190. The summed E-state index contributed by atoms with van der Waals surface area (Å²) in [7, 11) is 2.98. The normalized spacial score (nSPS) is 18.6. The maximum absolute atomic E-state index is 14.4. The average molecular weight is 1940 g/mol. The average Bonchev–Trinajstić information content (AvgIpc) is 1.33. The Morgan fingerprint density at radius 2 is 0.967 bits per heavy atom. The van der Waals surface area contributed by atoms with Gasteiger partial charge >= 0.3 is 72.1 Å². The van der Waals surface area contributed by atoms with Crippen molar-refractivity contribution >= 4 is 69.2 Å². The molecule has 37 heteroatoms. The molecule has 0 aliphatic carbocycles. The summed E-state index contributed by atoms with van der Waals surface area (Å²) in [5, 5.41) is 9.52. The second-order valence-electron chi connectivity index (χ2n) is 29.5. The van der Waals surface area contributed by atoms with Gasteiger partial charge in [-0.15, -0.1) is 5.06 Å². The molecule has 15 rings (SSSR count). The first kappa shape index (κ1) is 98.1. The van der Waals surface area contributed by atoms with Crippen molar-refractivity contribution in [1.29, 1.82) is 0 Å². The fourth-order valence-corrected chi connectivity index (χ4v) is 16.2. The number of esters is 1. The first-order valence-electron chi connectivity index (χ1n) is 40.4. The number of amidine groups is 2. The Labute approximate surface area is 726 Å².